The van der Waals surface area contributed by atoms with E-state index in [1.54, 1.807) is 0 Å². The first-order chi connectivity index (χ1) is 33.9. The van der Waals surface area contributed by atoms with Crippen LogP contribution in [0.3, 0.4) is 0 Å². The molecule has 4 heteroatoms. The molecule has 2 aliphatic heterocycles. The summed E-state index contributed by atoms with van der Waals surface area (Å²) < 4.78 is 0. The minimum atomic E-state index is -0.550. The lowest BCUT2D eigenvalue weighted by Gasteiger charge is -2.45. The standard InChI is InChI=1S/C65H48BN3/c1-64(2,3)43-38-61-63-62(39-43)69(47-28-14-7-15-29-47)60-42-56-52(41-58(60)66(63)57-34-20-21-35-59(57)68(61)46-26-12-6-13-27-46)50-31-17-19-33-54(50)65(56)53-32-18-16-30-49(53)51-40-48(36-37-55(51)65)67(44-22-8-4-9-23-44)45-24-10-5-11-25-45/h4-42H,1-3H3. The first kappa shape index (κ1) is 39.8. The molecule has 0 aromatic heterocycles. The minimum absolute atomic E-state index is 0.00294. The molecular weight excluding hydrogens is 834 g/mol. The van der Waals surface area contributed by atoms with Crippen molar-refractivity contribution in [2.75, 3.05) is 14.7 Å². The van der Waals surface area contributed by atoms with Gasteiger partial charge in [0.05, 0.1) is 5.41 Å². The first-order valence-electron chi connectivity index (χ1n) is 24.3. The first-order valence-corrected chi connectivity index (χ1v) is 24.3. The Kier molecular flexibility index (Phi) is 8.55. The zero-order chi connectivity index (χ0) is 46.0. The van der Waals surface area contributed by atoms with Gasteiger partial charge in [-0.3, -0.25) is 0 Å². The van der Waals surface area contributed by atoms with Crippen LogP contribution in [0.4, 0.5) is 51.2 Å². The van der Waals surface area contributed by atoms with Gasteiger partial charge in [-0.2, -0.15) is 0 Å². The van der Waals surface area contributed by atoms with Crippen molar-refractivity contribution in [1.29, 1.82) is 0 Å². The van der Waals surface area contributed by atoms with Crippen LogP contribution in [0.2, 0.25) is 0 Å². The number of para-hydroxylation sites is 5. The molecule has 1 unspecified atom stereocenters. The monoisotopic (exact) mass is 881 g/mol. The maximum Gasteiger partial charge on any atom is 0.252 e. The van der Waals surface area contributed by atoms with E-state index in [1.807, 2.05) is 0 Å². The molecule has 1 atom stereocenters. The average molecular weight is 882 g/mol. The van der Waals surface area contributed by atoms with Gasteiger partial charge in [-0.15, -0.1) is 0 Å². The zero-order valence-electron chi connectivity index (χ0n) is 38.9. The molecular formula is C65H48BN3. The zero-order valence-corrected chi connectivity index (χ0v) is 38.9. The van der Waals surface area contributed by atoms with Gasteiger partial charge in [0.15, 0.2) is 0 Å². The maximum atomic E-state index is 2.61. The predicted molar refractivity (Wildman–Crippen MR) is 290 cm³/mol. The second kappa shape index (κ2) is 14.8. The van der Waals surface area contributed by atoms with Gasteiger partial charge in [0.25, 0.3) is 6.71 Å². The molecule has 0 amide bonds. The summed E-state index contributed by atoms with van der Waals surface area (Å²) in [5.74, 6) is 0. The number of hydrogen-bond donors (Lipinski definition) is 0. The Balaban J connectivity index is 1.07. The predicted octanol–water partition coefficient (Wildman–Crippen LogP) is 14.9. The number of anilines is 9. The second-order valence-corrected chi connectivity index (χ2v) is 20.0. The number of rotatable bonds is 5. The molecule has 3 nitrogen and oxygen atoms in total. The van der Waals surface area contributed by atoms with Crippen molar-refractivity contribution in [3.8, 4) is 22.3 Å². The number of hydrogen-bond acceptors (Lipinski definition) is 3. The van der Waals surface area contributed by atoms with Crippen molar-refractivity contribution in [2.24, 2.45) is 0 Å². The molecule has 0 fully saturated rings. The van der Waals surface area contributed by atoms with E-state index < -0.39 is 5.41 Å². The average Bonchev–Trinajstić information content (AvgIpc) is 3.85. The van der Waals surface area contributed by atoms with Gasteiger partial charge in [0.1, 0.15) is 0 Å². The fourth-order valence-corrected chi connectivity index (χ4v) is 12.5. The third-order valence-electron chi connectivity index (χ3n) is 15.3. The van der Waals surface area contributed by atoms with E-state index in [4.69, 9.17) is 0 Å². The van der Waals surface area contributed by atoms with Crippen LogP contribution in [0.15, 0.2) is 237 Å². The molecule has 0 radical (unpaired) electrons. The highest BCUT2D eigenvalue weighted by atomic mass is 15.2. The highest BCUT2D eigenvalue weighted by Crippen LogP contribution is 2.64. The van der Waals surface area contributed by atoms with E-state index in [0.29, 0.717) is 0 Å². The van der Waals surface area contributed by atoms with Crippen LogP contribution in [-0.2, 0) is 10.8 Å². The Morgan fingerprint density at radius 3 is 1.42 bits per heavy atom. The largest absolute Gasteiger partial charge is 0.311 e. The Morgan fingerprint density at radius 2 is 0.841 bits per heavy atom. The molecule has 14 rings (SSSR count). The highest BCUT2D eigenvalue weighted by Gasteiger charge is 2.54. The van der Waals surface area contributed by atoms with E-state index >= 15 is 0 Å². The molecule has 1 spiro atoms. The summed E-state index contributed by atoms with van der Waals surface area (Å²) in [6.07, 6.45) is 0. The molecule has 4 aliphatic rings. The van der Waals surface area contributed by atoms with Crippen LogP contribution in [0.25, 0.3) is 22.3 Å². The van der Waals surface area contributed by atoms with Gasteiger partial charge in [-0.1, -0.05) is 172 Å². The fourth-order valence-electron chi connectivity index (χ4n) is 12.5. The van der Waals surface area contributed by atoms with Gasteiger partial charge < -0.3 is 14.7 Å². The molecule has 2 heterocycles. The fraction of sp³-hybridized carbons (Fsp3) is 0.0769. The summed E-state index contributed by atoms with van der Waals surface area (Å²) in [5.41, 5.74) is 25.7. The molecule has 326 valence electrons. The van der Waals surface area contributed by atoms with Crippen LogP contribution < -0.4 is 31.1 Å². The van der Waals surface area contributed by atoms with Crippen LogP contribution in [-0.4, -0.2) is 6.71 Å². The van der Waals surface area contributed by atoms with Crippen molar-refractivity contribution in [1.82, 2.24) is 0 Å². The molecule has 0 N–H and O–H groups in total. The van der Waals surface area contributed by atoms with Gasteiger partial charge in [0, 0.05) is 51.2 Å². The number of fused-ring (bicyclic) bond motifs is 14. The Bertz CT molecular complexity index is 3640. The molecule has 0 saturated heterocycles. The minimum Gasteiger partial charge on any atom is -0.311 e. The van der Waals surface area contributed by atoms with Crippen LogP contribution in [0, 0.1) is 0 Å². The van der Waals surface area contributed by atoms with Crippen LogP contribution in [0.5, 0.6) is 0 Å². The molecule has 10 aromatic carbocycles. The Morgan fingerprint density at radius 1 is 0.362 bits per heavy atom. The summed E-state index contributed by atoms with van der Waals surface area (Å²) in [6.45, 7) is 7.04. The smallest absolute Gasteiger partial charge is 0.252 e. The van der Waals surface area contributed by atoms with Crippen molar-refractivity contribution in [2.45, 2.75) is 31.6 Å². The van der Waals surface area contributed by atoms with Gasteiger partial charge in [-0.05, 0) is 157 Å². The van der Waals surface area contributed by atoms with Gasteiger partial charge in [0.2, 0.25) is 0 Å². The third-order valence-corrected chi connectivity index (χ3v) is 15.3. The van der Waals surface area contributed by atoms with Crippen molar-refractivity contribution >= 4 is 74.3 Å². The van der Waals surface area contributed by atoms with E-state index in [0.717, 1.165) is 28.4 Å². The van der Waals surface area contributed by atoms with Crippen LogP contribution >= 0.6 is 0 Å². The van der Waals surface area contributed by atoms with E-state index in [9.17, 15) is 0 Å². The lowest BCUT2D eigenvalue weighted by molar-refractivity contribution is 0.590. The van der Waals surface area contributed by atoms with Crippen molar-refractivity contribution in [3.63, 3.8) is 0 Å². The third kappa shape index (κ3) is 5.63. The molecule has 0 bridgehead atoms. The van der Waals surface area contributed by atoms with E-state index in [-0.39, 0.29) is 12.1 Å². The van der Waals surface area contributed by atoms with Crippen LogP contribution in [0.1, 0.15) is 48.6 Å². The summed E-state index contributed by atoms with van der Waals surface area (Å²) in [4.78, 5) is 7.50. The lowest BCUT2D eigenvalue weighted by atomic mass is 9.33. The molecule has 10 aromatic rings. The van der Waals surface area contributed by atoms with Crippen molar-refractivity contribution in [3.05, 3.63) is 264 Å². The van der Waals surface area contributed by atoms with Gasteiger partial charge >= 0.3 is 0 Å². The van der Waals surface area contributed by atoms with Crippen molar-refractivity contribution < 1.29 is 0 Å². The maximum absolute atomic E-state index is 2.61. The highest BCUT2D eigenvalue weighted by molar-refractivity contribution is 7.00. The van der Waals surface area contributed by atoms with Gasteiger partial charge in [-0.25, -0.2) is 0 Å². The molecule has 2 aliphatic carbocycles. The molecule has 69 heavy (non-hydrogen) atoms. The topological polar surface area (TPSA) is 9.72 Å². The number of benzene rings is 10. The molecule has 0 saturated carbocycles. The summed E-state index contributed by atoms with van der Waals surface area (Å²) in [6, 6.07) is 88.6. The SMILES string of the molecule is CC(C)(C)c1cc2c3c(c1)N(c1ccccc1)c1cc4c(cc1B3c1ccccc1N2c1ccccc1)-c1ccccc1C41c2ccccc2-c2cc(N(c3ccccc3)c3ccccc3)ccc21. The Hall–Kier alpha value is -8.34. The van der Waals surface area contributed by atoms with E-state index in [2.05, 4.69) is 272 Å². The summed E-state index contributed by atoms with van der Waals surface area (Å²) in [7, 11) is 0. The second-order valence-electron chi connectivity index (χ2n) is 20.0. The Labute approximate surface area is 405 Å². The number of nitrogens with zero attached hydrogens (tertiary/aromatic N) is 3. The van der Waals surface area contributed by atoms with E-state index in [1.165, 1.54) is 89.2 Å². The lowest BCUT2D eigenvalue weighted by Crippen LogP contribution is -2.61. The summed E-state index contributed by atoms with van der Waals surface area (Å²) >= 11 is 0. The normalized spacial score (nSPS) is 15.4. The quantitative estimate of drug-likeness (QED) is 0.160. The summed E-state index contributed by atoms with van der Waals surface area (Å²) in [5, 5.41) is 0.